The Kier molecular flexibility index (Phi) is 7.34. The maximum atomic E-state index is 14.4. The minimum Gasteiger partial charge on any atom is -0.486 e. The highest BCUT2D eigenvalue weighted by molar-refractivity contribution is 6.01. The summed E-state index contributed by atoms with van der Waals surface area (Å²) in [5.74, 6) is 2.15. The molecule has 7 heteroatoms. The molecule has 2 aromatic carbocycles. The number of allylic oxidation sites excluding steroid dienone is 4. The molecule has 1 aliphatic heterocycles. The van der Waals surface area contributed by atoms with Crippen LogP contribution in [0.2, 0.25) is 0 Å². The van der Waals surface area contributed by atoms with Gasteiger partial charge >= 0.3 is 0 Å². The first kappa shape index (κ1) is 29.5. The lowest BCUT2D eigenvalue weighted by Crippen LogP contribution is -2.63. The molecule has 9 atom stereocenters. The van der Waals surface area contributed by atoms with E-state index in [1.54, 1.807) is 24.3 Å². The van der Waals surface area contributed by atoms with Crippen molar-refractivity contribution in [1.82, 2.24) is 0 Å². The van der Waals surface area contributed by atoms with Crippen molar-refractivity contribution in [2.24, 2.45) is 28.6 Å². The van der Waals surface area contributed by atoms with Crippen LogP contribution in [0.3, 0.4) is 0 Å². The highest BCUT2D eigenvalue weighted by atomic mass is 16.7. The second kappa shape index (κ2) is 11.0. The molecule has 0 aromatic heterocycles. The number of benzene rings is 2. The Hall–Kier alpha value is -3.26. The molecular formula is C37H42O7. The lowest BCUT2D eigenvalue weighted by molar-refractivity contribution is -0.200. The second-order valence-electron chi connectivity index (χ2n) is 13.7. The van der Waals surface area contributed by atoms with E-state index in [1.807, 2.05) is 48.5 Å². The van der Waals surface area contributed by atoms with Crippen molar-refractivity contribution in [1.29, 1.82) is 0 Å². The molecule has 0 bridgehead atoms. The summed E-state index contributed by atoms with van der Waals surface area (Å²) >= 11 is 0. The molecule has 0 spiro atoms. The highest BCUT2D eigenvalue weighted by Gasteiger charge is 2.75. The van der Waals surface area contributed by atoms with Crippen LogP contribution in [-0.4, -0.2) is 47.4 Å². The number of aliphatic hydroxyl groups excluding tert-OH is 1. The topological polar surface area (TPSA) is 91.3 Å². The van der Waals surface area contributed by atoms with E-state index in [2.05, 4.69) is 20.8 Å². The van der Waals surface area contributed by atoms with Crippen LogP contribution >= 0.6 is 0 Å². The number of hydrogen-bond donors (Lipinski definition) is 1. The minimum atomic E-state index is -1.20. The van der Waals surface area contributed by atoms with Gasteiger partial charge in [0.15, 0.2) is 17.7 Å². The van der Waals surface area contributed by atoms with E-state index >= 15 is 0 Å². The number of rotatable bonds is 8. The van der Waals surface area contributed by atoms with Gasteiger partial charge in [-0.1, -0.05) is 57.0 Å². The minimum absolute atomic E-state index is 0.0214. The zero-order valence-electron chi connectivity index (χ0n) is 25.7. The third kappa shape index (κ3) is 4.50. The summed E-state index contributed by atoms with van der Waals surface area (Å²) in [7, 11) is 0. The number of carbonyl (C=O) groups excluding carboxylic acids is 2. The Morgan fingerprint density at radius 2 is 1.77 bits per heavy atom. The predicted octanol–water partition coefficient (Wildman–Crippen LogP) is 6.60. The molecule has 4 fully saturated rings. The SMILES string of the molecule is CCC[C@H]1O[C@@H]2CC3C4CCC5=CC(=O)C=CC5(C)C4[C@@H](O)CC3(C)[C@]2(C(=O)COc2ccc(Oc3ccccc3)cc2)O1. The molecule has 2 aromatic rings. The van der Waals surface area contributed by atoms with E-state index in [4.69, 9.17) is 18.9 Å². The van der Waals surface area contributed by atoms with Crippen LogP contribution in [0.5, 0.6) is 17.2 Å². The fourth-order valence-electron chi connectivity index (χ4n) is 9.49. The molecule has 7 rings (SSSR count). The van der Waals surface area contributed by atoms with Crippen molar-refractivity contribution in [2.75, 3.05) is 6.61 Å². The average Bonchev–Trinajstić information content (AvgIpc) is 3.49. The Labute approximate surface area is 259 Å². The Bertz CT molecular complexity index is 1480. The van der Waals surface area contributed by atoms with Crippen LogP contribution in [0.1, 0.15) is 59.3 Å². The van der Waals surface area contributed by atoms with Gasteiger partial charge in [0, 0.05) is 16.7 Å². The van der Waals surface area contributed by atoms with Gasteiger partial charge in [-0.05, 0) is 92.5 Å². The zero-order chi connectivity index (χ0) is 30.7. The van der Waals surface area contributed by atoms with Gasteiger partial charge in [0.2, 0.25) is 5.78 Å². The summed E-state index contributed by atoms with van der Waals surface area (Å²) in [4.78, 5) is 26.6. The van der Waals surface area contributed by atoms with E-state index < -0.39 is 29.5 Å². The van der Waals surface area contributed by atoms with Gasteiger partial charge in [-0.3, -0.25) is 9.59 Å². The van der Waals surface area contributed by atoms with Gasteiger partial charge in [-0.25, -0.2) is 0 Å². The number of carbonyl (C=O) groups is 2. The van der Waals surface area contributed by atoms with E-state index in [1.165, 1.54) is 0 Å². The van der Waals surface area contributed by atoms with E-state index in [0.29, 0.717) is 30.8 Å². The molecule has 0 amide bonds. The first-order valence-corrected chi connectivity index (χ1v) is 16.1. The summed E-state index contributed by atoms with van der Waals surface area (Å²) in [5.41, 5.74) is -1.09. The van der Waals surface area contributed by atoms with Crippen molar-refractivity contribution in [3.8, 4) is 17.2 Å². The molecular weight excluding hydrogens is 556 g/mol. The largest absolute Gasteiger partial charge is 0.486 e. The lowest BCUT2D eigenvalue weighted by Gasteiger charge is -2.59. The van der Waals surface area contributed by atoms with Gasteiger partial charge in [0.05, 0.1) is 12.2 Å². The first-order chi connectivity index (χ1) is 21.2. The fourth-order valence-corrected chi connectivity index (χ4v) is 9.49. The number of ether oxygens (including phenoxy) is 4. The van der Waals surface area contributed by atoms with Gasteiger partial charge in [-0.2, -0.15) is 0 Å². The van der Waals surface area contributed by atoms with Crippen LogP contribution in [0, 0.1) is 28.6 Å². The average molecular weight is 599 g/mol. The number of aliphatic hydroxyl groups is 1. The molecule has 7 nitrogen and oxygen atoms in total. The van der Waals surface area contributed by atoms with Crippen molar-refractivity contribution in [3.63, 3.8) is 0 Å². The third-order valence-corrected chi connectivity index (χ3v) is 11.4. The molecule has 44 heavy (non-hydrogen) atoms. The maximum absolute atomic E-state index is 14.4. The maximum Gasteiger partial charge on any atom is 0.205 e. The predicted molar refractivity (Wildman–Crippen MR) is 164 cm³/mol. The molecule has 5 unspecified atom stereocenters. The summed E-state index contributed by atoms with van der Waals surface area (Å²) in [5, 5.41) is 11.9. The van der Waals surface area contributed by atoms with Gasteiger partial charge < -0.3 is 24.1 Å². The van der Waals surface area contributed by atoms with Crippen molar-refractivity contribution in [3.05, 3.63) is 78.4 Å². The quantitative estimate of drug-likeness (QED) is 0.366. The number of Topliss-reactive ketones (excluding diaryl/α,β-unsaturated/α-hetero) is 1. The van der Waals surface area contributed by atoms with Crippen molar-refractivity contribution < 1.29 is 33.6 Å². The van der Waals surface area contributed by atoms with Crippen LogP contribution in [-0.2, 0) is 19.1 Å². The Morgan fingerprint density at radius 1 is 1.05 bits per heavy atom. The summed E-state index contributed by atoms with van der Waals surface area (Å²) in [6.45, 7) is 6.23. The number of para-hydroxylation sites is 1. The van der Waals surface area contributed by atoms with Crippen LogP contribution in [0.15, 0.2) is 78.4 Å². The Morgan fingerprint density at radius 3 is 2.52 bits per heavy atom. The van der Waals surface area contributed by atoms with Gasteiger partial charge in [0.1, 0.15) is 23.9 Å². The highest BCUT2D eigenvalue weighted by Crippen LogP contribution is 2.69. The number of ketones is 2. The molecule has 1 saturated heterocycles. The van der Waals surface area contributed by atoms with Crippen LogP contribution in [0.25, 0.3) is 0 Å². The number of hydrogen-bond acceptors (Lipinski definition) is 7. The molecule has 0 radical (unpaired) electrons. The molecule has 1 heterocycles. The van der Waals surface area contributed by atoms with Crippen LogP contribution < -0.4 is 9.47 Å². The summed E-state index contributed by atoms with van der Waals surface area (Å²) in [6.07, 6.45) is 8.33. The molecule has 4 aliphatic carbocycles. The van der Waals surface area contributed by atoms with E-state index in [-0.39, 0.29) is 41.3 Å². The first-order valence-electron chi connectivity index (χ1n) is 16.1. The second-order valence-corrected chi connectivity index (χ2v) is 13.7. The van der Waals surface area contributed by atoms with E-state index in [0.717, 1.165) is 30.6 Å². The lowest BCUT2D eigenvalue weighted by atomic mass is 9.46. The molecule has 232 valence electrons. The Balaban J connectivity index is 1.14. The fraction of sp³-hybridized carbons (Fsp3) is 0.514. The molecule has 5 aliphatic rings. The summed E-state index contributed by atoms with van der Waals surface area (Å²) < 4.78 is 25.3. The smallest absolute Gasteiger partial charge is 0.205 e. The third-order valence-electron chi connectivity index (χ3n) is 11.4. The standard InChI is InChI=1S/C37H42O7/c1-4-8-33-43-32-20-29-28-16-11-23-19-24(38)17-18-35(23,2)34(28)30(39)21-36(29,3)37(32,44-33)31(40)22-41-25-12-14-27(15-13-25)42-26-9-6-5-7-10-26/h5-7,9-10,12-15,17-19,28-30,32-34,39H,4,8,11,16,20-22H2,1-3H3/t28?,29?,30-,32+,33-,34?,35?,36?,37+/m0/s1. The molecule has 1 N–H and O–H groups in total. The normalized spacial score (nSPS) is 38.6. The van der Waals surface area contributed by atoms with E-state index in [9.17, 15) is 14.7 Å². The van der Waals surface area contributed by atoms with Gasteiger partial charge in [0.25, 0.3) is 0 Å². The monoisotopic (exact) mass is 598 g/mol. The zero-order valence-corrected chi connectivity index (χ0v) is 25.7. The van der Waals surface area contributed by atoms with Gasteiger partial charge in [-0.15, -0.1) is 0 Å². The van der Waals surface area contributed by atoms with Crippen molar-refractivity contribution >= 4 is 11.6 Å². The number of fused-ring (bicyclic) bond motifs is 7. The van der Waals surface area contributed by atoms with Crippen LogP contribution in [0.4, 0.5) is 0 Å². The summed E-state index contributed by atoms with van der Waals surface area (Å²) in [6, 6.07) is 16.8. The van der Waals surface area contributed by atoms with Crippen molar-refractivity contribution in [2.45, 2.75) is 83.4 Å². The molecule has 3 saturated carbocycles.